The maximum absolute atomic E-state index is 9.23. The predicted molar refractivity (Wildman–Crippen MR) is 50.9 cm³/mol. The highest BCUT2D eigenvalue weighted by atomic mass is 32.2. The lowest BCUT2D eigenvalue weighted by atomic mass is 9.95. The minimum absolute atomic E-state index is 0.0761. The van der Waals surface area contributed by atoms with Crippen LogP contribution in [-0.2, 0) is 0 Å². The van der Waals surface area contributed by atoms with E-state index >= 15 is 0 Å². The van der Waals surface area contributed by atoms with Crippen molar-refractivity contribution in [2.75, 3.05) is 6.26 Å². The number of aliphatic hydroxyl groups is 1. The molecule has 0 saturated heterocycles. The highest BCUT2D eigenvalue weighted by molar-refractivity contribution is 7.99. The summed E-state index contributed by atoms with van der Waals surface area (Å²) in [6, 6.07) is 0. The van der Waals surface area contributed by atoms with Crippen molar-refractivity contribution in [3.8, 4) is 0 Å². The lowest BCUT2D eigenvalue weighted by molar-refractivity contribution is 0.162. The highest BCUT2D eigenvalue weighted by Gasteiger charge is 2.14. The van der Waals surface area contributed by atoms with Gasteiger partial charge in [-0.25, -0.2) is 0 Å². The second-order valence-electron chi connectivity index (χ2n) is 3.09. The molecule has 0 aromatic heterocycles. The summed E-state index contributed by atoms with van der Waals surface area (Å²) in [7, 11) is 0. The molecule has 1 aliphatic rings. The predicted octanol–water partition coefficient (Wildman–Crippen LogP) is 2.21. The van der Waals surface area contributed by atoms with Gasteiger partial charge < -0.3 is 5.11 Å². The SMILES string of the molecule is CSC(C)C1=CCC(O)CC1. The van der Waals surface area contributed by atoms with Gasteiger partial charge in [0.2, 0.25) is 0 Å². The van der Waals surface area contributed by atoms with Crippen LogP contribution in [0.3, 0.4) is 0 Å². The minimum atomic E-state index is -0.0761. The normalized spacial score (nSPS) is 27.9. The van der Waals surface area contributed by atoms with Crippen LogP contribution in [0, 0.1) is 0 Å². The summed E-state index contributed by atoms with van der Waals surface area (Å²) in [5, 5.41) is 9.87. The minimum Gasteiger partial charge on any atom is -0.393 e. The summed E-state index contributed by atoms with van der Waals surface area (Å²) in [5.74, 6) is 0. The fraction of sp³-hybridized carbons (Fsp3) is 0.778. The standard InChI is InChI=1S/C9H16OS/c1-7(11-2)8-3-5-9(10)6-4-8/h3,7,9-10H,4-6H2,1-2H3. The monoisotopic (exact) mass is 172 g/mol. The zero-order valence-corrected chi connectivity index (χ0v) is 8.03. The van der Waals surface area contributed by atoms with E-state index in [-0.39, 0.29) is 6.10 Å². The van der Waals surface area contributed by atoms with E-state index in [1.165, 1.54) is 5.57 Å². The summed E-state index contributed by atoms with van der Waals surface area (Å²) >= 11 is 1.88. The number of hydrogen-bond acceptors (Lipinski definition) is 2. The molecular weight excluding hydrogens is 156 g/mol. The molecule has 0 spiro atoms. The van der Waals surface area contributed by atoms with E-state index in [1.807, 2.05) is 11.8 Å². The van der Waals surface area contributed by atoms with Crippen molar-refractivity contribution in [3.05, 3.63) is 11.6 Å². The van der Waals surface area contributed by atoms with Crippen LogP contribution in [0.2, 0.25) is 0 Å². The molecule has 0 aromatic carbocycles. The van der Waals surface area contributed by atoms with E-state index in [0.717, 1.165) is 19.3 Å². The third-order valence-electron chi connectivity index (χ3n) is 2.29. The van der Waals surface area contributed by atoms with Gasteiger partial charge >= 0.3 is 0 Å². The second-order valence-corrected chi connectivity index (χ2v) is 4.26. The molecule has 1 N–H and O–H groups in total. The molecule has 0 saturated carbocycles. The summed E-state index contributed by atoms with van der Waals surface area (Å²) < 4.78 is 0. The van der Waals surface area contributed by atoms with E-state index < -0.39 is 0 Å². The molecule has 0 fully saturated rings. The Morgan fingerprint density at radius 3 is 2.91 bits per heavy atom. The molecule has 1 rings (SSSR count). The van der Waals surface area contributed by atoms with Crippen LogP contribution in [0.15, 0.2) is 11.6 Å². The van der Waals surface area contributed by atoms with Crippen molar-refractivity contribution in [1.29, 1.82) is 0 Å². The molecule has 1 aliphatic carbocycles. The Kier molecular flexibility index (Phi) is 3.46. The second kappa shape index (κ2) is 4.17. The summed E-state index contributed by atoms with van der Waals surface area (Å²) in [5.41, 5.74) is 1.52. The first kappa shape index (κ1) is 9.14. The largest absolute Gasteiger partial charge is 0.393 e. The Balaban J connectivity index is 2.47. The molecule has 0 bridgehead atoms. The van der Waals surface area contributed by atoms with Crippen LogP contribution < -0.4 is 0 Å². The first-order chi connectivity index (χ1) is 5.24. The topological polar surface area (TPSA) is 20.2 Å². The maximum Gasteiger partial charge on any atom is 0.0577 e. The van der Waals surface area contributed by atoms with Crippen molar-refractivity contribution in [1.82, 2.24) is 0 Å². The van der Waals surface area contributed by atoms with Gasteiger partial charge in [-0.05, 0) is 32.4 Å². The molecule has 0 amide bonds. The molecular formula is C9H16OS. The first-order valence-electron chi connectivity index (χ1n) is 4.14. The lowest BCUT2D eigenvalue weighted by Gasteiger charge is -2.20. The number of hydrogen-bond donors (Lipinski definition) is 1. The average molecular weight is 172 g/mol. The van der Waals surface area contributed by atoms with E-state index in [4.69, 9.17) is 0 Å². The number of thioether (sulfide) groups is 1. The van der Waals surface area contributed by atoms with E-state index in [1.54, 1.807) is 0 Å². The lowest BCUT2D eigenvalue weighted by Crippen LogP contribution is -2.14. The van der Waals surface area contributed by atoms with Crippen molar-refractivity contribution in [3.63, 3.8) is 0 Å². The van der Waals surface area contributed by atoms with E-state index in [2.05, 4.69) is 19.3 Å². The van der Waals surface area contributed by atoms with Gasteiger partial charge in [0.25, 0.3) is 0 Å². The van der Waals surface area contributed by atoms with Crippen molar-refractivity contribution >= 4 is 11.8 Å². The van der Waals surface area contributed by atoms with Crippen LogP contribution in [0.25, 0.3) is 0 Å². The molecule has 11 heavy (non-hydrogen) atoms. The van der Waals surface area contributed by atoms with Crippen LogP contribution in [0.5, 0.6) is 0 Å². The molecule has 2 atom stereocenters. The Morgan fingerprint density at radius 2 is 2.45 bits per heavy atom. The summed E-state index contributed by atoms with van der Waals surface area (Å²) in [6.45, 7) is 2.23. The number of aliphatic hydroxyl groups excluding tert-OH is 1. The molecule has 2 heteroatoms. The fourth-order valence-corrected chi connectivity index (χ4v) is 1.88. The van der Waals surface area contributed by atoms with E-state index in [9.17, 15) is 5.11 Å². The van der Waals surface area contributed by atoms with Crippen LogP contribution >= 0.6 is 11.8 Å². The van der Waals surface area contributed by atoms with Crippen LogP contribution in [0.1, 0.15) is 26.2 Å². The molecule has 1 nitrogen and oxygen atoms in total. The third kappa shape index (κ3) is 2.53. The molecule has 64 valence electrons. The van der Waals surface area contributed by atoms with Gasteiger partial charge in [-0.15, -0.1) is 0 Å². The zero-order chi connectivity index (χ0) is 8.27. The number of rotatable bonds is 2. The van der Waals surface area contributed by atoms with Gasteiger partial charge in [0, 0.05) is 5.25 Å². The Labute approximate surface area is 72.9 Å². The molecule has 0 heterocycles. The molecule has 0 aromatic rings. The zero-order valence-electron chi connectivity index (χ0n) is 7.21. The van der Waals surface area contributed by atoms with Gasteiger partial charge in [-0.3, -0.25) is 0 Å². The summed E-state index contributed by atoms with van der Waals surface area (Å²) in [6.07, 6.45) is 7.17. The first-order valence-corrected chi connectivity index (χ1v) is 5.42. The van der Waals surface area contributed by atoms with Gasteiger partial charge in [0.15, 0.2) is 0 Å². The maximum atomic E-state index is 9.23. The Bertz CT molecular complexity index is 154. The van der Waals surface area contributed by atoms with Crippen LogP contribution in [-0.4, -0.2) is 22.7 Å². The molecule has 0 radical (unpaired) electrons. The summed E-state index contributed by atoms with van der Waals surface area (Å²) in [4.78, 5) is 0. The van der Waals surface area contributed by atoms with Gasteiger partial charge in [0.05, 0.1) is 6.10 Å². The third-order valence-corrected chi connectivity index (χ3v) is 3.30. The molecule has 0 aliphatic heterocycles. The van der Waals surface area contributed by atoms with Gasteiger partial charge in [-0.1, -0.05) is 11.6 Å². The van der Waals surface area contributed by atoms with Gasteiger partial charge in [0.1, 0.15) is 0 Å². The smallest absolute Gasteiger partial charge is 0.0577 e. The van der Waals surface area contributed by atoms with Crippen molar-refractivity contribution < 1.29 is 5.11 Å². The van der Waals surface area contributed by atoms with E-state index in [0.29, 0.717) is 5.25 Å². The highest BCUT2D eigenvalue weighted by Crippen LogP contribution is 2.26. The molecule has 2 unspecified atom stereocenters. The fourth-order valence-electron chi connectivity index (χ4n) is 1.36. The van der Waals surface area contributed by atoms with Crippen LogP contribution in [0.4, 0.5) is 0 Å². The van der Waals surface area contributed by atoms with Crippen molar-refractivity contribution in [2.45, 2.75) is 37.5 Å². The van der Waals surface area contributed by atoms with Crippen molar-refractivity contribution in [2.24, 2.45) is 0 Å². The quantitative estimate of drug-likeness (QED) is 0.644. The Morgan fingerprint density at radius 1 is 1.73 bits per heavy atom. The average Bonchev–Trinajstić information content (AvgIpc) is 2.05. The Hall–Kier alpha value is 0.0500. The van der Waals surface area contributed by atoms with Gasteiger partial charge in [-0.2, -0.15) is 11.8 Å².